The van der Waals surface area contributed by atoms with Gasteiger partial charge in [0, 0.05) is 5.56 Å². The van der Waals surface area contributed by atoms with Crippen molar-refractivity contribution in [2.75, 3.05) is 13.2 Å². The van der Waals surface area contributed by atoms with Crippen molar-refractivity contribution in [3.05, 3.63) is 29.8 Å². The Labute approximate surface area is 171 Å². The van der Waals surface area contributed by atoms with Gasteiger partial charge in [-0.15, -0.1) is 0 Å². The number of amides is 1. The van der Waals surface area contributed by atoms with E-state index in [0.29, 0.717) is 24.7 Å². The van der Waals surface area contributed by atoms with Gasteiger partial charge in [-0.1, -0.05) is 6.07 Å². The maximum absolute atomic E-state index is 12.8. The molecule has 158 valence electrons. The highest BCUT2D eigenvalue weighted by Gasteiger charge is 2.49. The zero-order valence-corrected chi connectivity index (χ0v) is 16.6. The molecule has 5 unspecified atom stereocenters. The normalized spacial score (nSPS) is 32.9. The van der Waals surface area contributed by atoms with Crippen LogP contribution in [0.2, 0.25) is 0 Å². The quantitative estimate of drug-likeness (QED) is 0.601. The highest BCUT2D eigenvalue weighted by Crippen LogP contribution is 2.33. The second-order valence-corrected chi connectivity index (χ2v) is 8.78. The van der Waals surface area contributed by atoms with Crippen LogP contribution < -0.4 is 15.4 Å². The van der Waals surface area contributed by atoms with Crippen LogP contribution in [0.5, 0.6) is 5.75 Å². The van der Waals surface area contributed by atoms with Crippen LogP contribution in [0.25, 0.3) is 0 Å². The van der Waals surface area contributed by atoms with Gasteiger partial charge in [-0.05, 0) is 62.6 Å². The lowest BCUT2D eigenvalue weighted by Crippen LogP contribution is -2.48. The van der Waals surface area contributed by atoms with Crippen LogP contribution in [0.4, 0.5) is 0 Å². The smallest absolute Gasteiger partial charge is 0.251 e. The number of aliphatic hydroxyl groups excluding tert-OH is 1. The van der Waals surface area contributed by atoms with E-state index in [0.717, 1.165) is 31.4 Å². The van der Waals surface area contributed by atoms with Gasteiger partial charge in [-0.2, -0.15) is 0 Å². The van der Waals surface area contributed by atoms with Crippen LogP contribution in [-0.4, -0.2) is 60.9 Å². The van der Waals surface area contributed by atoms with Gasteiger partial charge in [0.05, 0.1) is 31.4 Å². The first-order valence-corrected chi connectivity index (χ1v) is 10.9. The number of hydrogen-bond acceptors (Lipinski definition) is 6. The summed E-state index contributed by atoms with van der Waals surface area (Å²) in [5.41, 5.74) is 0.584. The molecule has 7 nitrogen and oxygen atoms in total. The third-order valence-electron chi connectivity index (χ3n) is 6.52. The Kier molecular flexibility index (Phi) is 5.47. The fourth-order valence-corrected chi connectivity index (χ4v) is 4.69. The number of aliphatic hydroxyl groups is 1. The molecular formula is C22H30N2O5. The summed E-state index contributed by atoms with van der Waals surface area (Å²) in [7, 11) is 0. The van der Waals surface area contributed by atoms with Crippen LogP contribution in [0.1, 0.15) is 48.9 Å². The first-order valence-electron chi connectivity index (χ1n) is 10.9. The van der Waals surface area contributed by atoms with E-state index >= 15 is 0 Å². The molecule has 2 saturated heterocycles. The van der Waals surface area contributed by atoms with Gasteiger partial charge in [-0.3, -0.25) is 10.1 Å². The first kappa shape index (κ1) is 19.3. The Bertz CT molecular complexity index is 734. The van der Waals surface area contributed by atoms with E-state index in [9.17, 15) is 9.90 Å². The highest BCUT2D eigenvalue weighted by molar-refractivity contribution is 5.94. The van der Waals surface area contributed by atoms with Crippen LogP contribution in [0.15, 0.2) is 24.3 Å². The van der Waals surface area contributed by atoms with Crippen molar-refractivity contribution in [3.63, 3.8) is 0 Å². The third kappa shape index (κ3) is 4.28. The maximum Gasteiger partial charge on any atom is 0.251 e. The number of carbonyl (C=O) groups is 1. The Balaban J connectivity index is 1.17. The molecule has 7 heteroatoms. The Hall–Kier alpha value is -1.67. The van der Waals surface area contributed by atoms with Crippen molar-refractivity contribution in [1.82, 2.24) is 10.6 Å². The van der Waals surface area contributed by atoms with Gasteiger partial charge in [0.15, 0.2) is 0 Å². The van der Waals surface area contributed by atoms with Crippen LogP contribution >= 0.6 is 0 Å². The fraction of sp³-hybridized carbons (Fsp3) is 0.682. The van der Waals surface area contributed by atoms with E-state index in [2.05, 4.69) is 10.6 Å². The molecule has 2 heterocycles. The molecule has 0 spiro atoms. The molecule has 4 fully saturated rings. The van der Waals surface area contributed by atoms with Crippen LogP contribution in [-0.2, 0) is 9.47 Å². The van der Waals surface area contributed by atoms with E-state index in [-0.39, 0.29) is 36.3 Å². The number of rotatable bonds is 7. The van der Waals surface area contributed by atoms with Gasteiger partial charge < -0.3 is 24.6 Å². The molecule has 0 radical (unpaired) electrons. The minimum Gasteiger partial charge on any atom is -0.490 e. The molecule has 0 aromatic heterocycles. The van der Waals surface area contributed by atoms with Crippen molar-refractivity contribution in [3.8, 4) is 5.75 Å². The zero-order valence-electron chi connectivity index (χ0n) is 16.6. The molecule has 5 atom stereocenters. The van der Waals surface area contributed by atoms with E-state index in [1.54, 1.807) is 6.07 Å². The molecule has 1 aromatic carbocycles. The average Bonchev–Trinajstić information content (AvgIpc) is 3.11. The summed E-state index contributed by atoms with van der Waals surface area (Å²) >= 11 is 0. The zero-order chi connectivity index (χ0) is 19.8. The summed E-state index contributed by atoms with van der Waals surface area (Å²) in [5, 5.41) is 16.5. The van der Waals surface area contributed by atoms with Crippen molar-refractivity contribution in [2.24, 2.45) is 5.92 Å². The third-order valence-corrected chi connectivity index (χ3v) is 6.52. The molecule has 4 aliphatic rings. The number of hydrogen-bond donors (Lipinski definition) is 3. The van der Waals surface area contributed by atoms with Gasteiger partial charge in [-0.25, -0.2) is 0 Å². The molecule has 2 aliphatic carbocycles. The molecule has 1 aromatic rings. The van der Waals surface area contributed by atoms with E-state index in [1.165, 1.54) is 12.8 Å². The number of benzene rings is 1. The topological polar surface area (TPSA) is 89.1 Å². The van der Waals surface area contributed by atoms with E-state index < -0.39 is 6.23 Å². The Morgan fingerprint density at radius 3 is 2.55 bits per heavy atom. The summed E-state index contributed by atoms with van der Waals surface area (Å²) in [6, 6.07) is 7.14. The largest absolute Gasteiger partial charge is 0.490 e. The summed E-state index contributed by atoms with van der Waals surface area (Å²) in [5.74, 6) is 0.958. The lowest BCUT2D eigenvalue weighted by molar-refractivity contribution is 0.0454. The lowest BCUT2D eigenvalue weighted by Gasteiger charge is -2.21. The second kappa shape index (κ2) is 8.22. The number of fused-ring (bicyclic) bond motifs is 1. The standard InChI is InChI=1S/C22H30N2O5/c25-21(13-8-9-13)23-17-11-27-20-18(12-28-19(17)20)24-22(26)14-4-3-7-16(10-14)29-15-5-1-2-6-15/h3-4,7,10,13,15,17-21,23,25H,1-2,5-6,8-9,11-12H2,(H,24,26). The summed E-state index contributed by atoms with van der Waals surface area (Å²) in [6.45, 7) is 0.896. The molecule has 29 heavy (non-hydrogen) atoms. The van der Waals surface area contributed by atoms with Gasteiger partial charge >= 0.3 is 0 Å². The number of ether oxygens (including phenoxy) is 3. The lowest BCUT2D eigenvalue weighted by atomic mass is 10.1. The van der Waals surface area contributed by atoms with E-state index in [4.69, 9.17) is 14.2 Å². The van der Waals surface area contributed by atoms with Gasteiger partial charge in [0.2, 0.25) is 0 Å². The van der Waals surface area contributed by atoms with Crippen LogP contribution in [0.3, 0.4) is 0 Å². The summed E-state index contributed by atoms with van der Waals surface area (Å²) in [6.07, 6.45) is 6.15. The summed E-state index contributed by atoms with van der Waals surface area (Å²) in [4.78, 5) is 12.8. The Morgan fingerprint density at radius 1 is 1.07 bits per heavy atom. The van der Waals surface area contributed by atoms with Crippen molar-refractivity contribution in [2.45, 2.75) is 75.1 Å². The van der Waals surface area contributed by atoms with E-state index in [1.807, 2.05) is 18.2 Å². The predicted molar refractivity (Wildman–Crippen MR) is 106 cm³/mol. The molecule has 2 saturated carbocycles. The average molecular weight is 402 g/mol. The van der Waals surface area contributed by atoms with Crippen molar-refractivity contribution < 1.29 is 24.1 Å². The summed E-state index contributed by atoms with van der Waals surface area (Å²) < 4.78 is 17.8. The predicted octanol–water partition coefficient (Wildman–Crippen LogP) is 1.59. The number of carbonyl (C=O) groups excluding carboxylic acids is 1. The SMILES string of the molecule is O=C(NC1COC2C(NC(O)C3CC3)COC12)c1cccc(OC2CCCC2)c1. The minimum atomic E-state index is -0.498. The molecule has 2 aliphatic heterocycles. The molecule has 0 bridgehead atoms. The monoisotopic (exact) mass is 402 g/mol. The number of nitrogens with one attached hydrogen (secondary N) is 2. The first-order chi connectivity index (χ1) is 14.2. The minimum absolute atomic E-state index is 0.0411. The fourth-order valence-electron chi connectivity index (χ4n) is 4.69. The van der Waals surface area contributed by atoms with Crippen LogP contribution in [0, 0.1) is 5.92 Å². The molecule has 5 rings (SSSR count). The molecule has 1 amide bonds. The Morgan fingerprint density at radius 2 is 1.79 bits per heavy atom. The van der Waals surface area contributed by atoms with Crippen molar-refractivity contribution >= 4 is 5.91 Å². The van der Waals surface area contributed by atoms with Crippen molar-refractivity contribution in [1.29, 1.82) is 0 Å². The highest BCUT2D eigenvalue weighted by atomic mass is 16.6. The molecular weight excluding hydrogens is 372 g/mol. The maximum atomic E-state index is 12.8. The second-order valence-electron chi connectivity index (χ2n) is 8.78. The van der Waals surface area contributed by atoms with Gasteiger partial charge in [0.25, 0.3) is 5.91 Å². The van der Waals surface area contributed by atoms with Gasteiger partial charge in [0.1, 0.15) is 24.2 Å². The molecule has 3 N–H and O–H groups in total.